The quantitative estimate of drug-likeness (QED) is 0.660. The fraction of sp³-hybridized carbons (Fsp3) is 0.0714. The van der Waals surface area contributed by atoms with E-state index in [4.69, 9.17) is 11.6 Å². The molecular formula is C14H9BrClN3. The second-order valence-electron chi connectivity index (χ2n) is 4.02. The molecule has 0 spiro atoms. The fourth-order valence-corrected chi connectivity index (χ4v) is 2.49. The lowest BCUT2D eigenvalue weighted by molar-refractivity contribution is 1.08. The first kappa shape index (κ1) is 12.5. The lowest BCUT2D eigenvalue weighted by atomic mass is 10.2. The molecule has 0 unspecified atom stereocenters. The molecular weight excluding hydrogens is 326 g/mol. The molecule has 3 aromatic rings. The molecule has 0 aliphatic carbocycles. The van der Waals surface area contributed by atoms with Crippen LogP contribution in [0.5, 0.6) is 0 Å². The van der Waals surface area contributed by atoms with Crippen LogP contribution >= 0.6 is 27.5 Å². The summed E-state index contributed by atoms with van der Waals surface area (Å²) in [6.07, 6.45) is 1.70. The van der Waals surface area contributed by atoms with Crippen LogP contribution in [-0.4, -0.2) is 15.0 Å². The van der Waals surface area contributed by atoms with Gasteiger partial charge in [-0.2, -0.15) is 0 Å². The van der Waals surface area contributed by atoms with E-state index in [1.165, 1.54) is 0 Å². The number of benzene rings is 1. The van der Waals surface area contributed by atoms with Gasteiger partial charge in [0.05, 0.1) is 17.1 Å². The topological polar surface area (TPSA) is 38.7 Å². The Hall–Kier alpha value is -1.52. The van der Waals surface area contributed by atoms with E-state index in [0.717, 1.165) is 26.8 Å². The van der Waals surface area contributed by atoms with Gasteiger partial charge in [0.1, 0.15) is 5.69 Å². The molecule has 3 rings (SSSR count). The second-order valence-corrected chi connectivity index (χ2v) is 5.14. The van der Waals surface area contributed by atoms with Gasteiger partial charge in [-0.05, 0) is 34.1 Å². The Morgan fingerprint density at radius 1 is 1.11 bits per heavy atom. The van der Waals surface area contributed by atoms with Gasteiger partial charge in [0.15, 0.2) is 5.82 Å². The normalized spacial score (nSPS) is 10.8. The summed E-state index contributed by atoms with van der Waals surface area (Å²) in [7, 11) is 0. The van der Waals surface area contributed by atoms with E-state index in [1.807, 2.05) is 30.3 Å². The minimum absolute atomic E-state index is 0.362. The molecule has 19 heavy (non-hydrogen) atoms. The summed E-state index contributed by atoms with van der Waals surface area (Å²) in [5, 5.41) is 1.08. The average Bonchev–Trinajstić information content (AvgIpc) is 2.46. The molecule has 0 saturated carbocycles. The Balaban J connectivity index is 2.20. The maximum Gasteiger partial charge on any atom is 0.179 e. The molecule has 0 radical (unpaired) electrons. The van der Waals surface area contributed by atoms with Crippen molar-refractivity contribution in [3.05, 3.63) is 52.8 Å². The number of hydrogen-bond acceptors (Lipinski definition) is 3. The van der Waals surface area contributed by atoms with Gasteiger partial charge >= 0.3 is 0 Å². The number of aromatic nitrogens is 3. The van der Waals surface area contributed by atoms with Crippen molar-refractivity contribution in [2.45, 2.75) is 5.88 Å². The molecule has 1 aromatic carbocycles. The Morgan fingerprint density at radius 3 is 2.79 bits per heavy atom. The largest absolute Gasteiger partial charge is 0.243 e. The Labute approximate surface area is 123 Å². The highest BCUT2D eigenvalue weighted by Gasteiger charge is 2.10. The van der Waals surface area contributed by atoms with Gasteiger partial charge in [-0.3, -0.25) is 0 Å². The summed E-state index contributed by atoms with van der Waals surface area (Å²) in [6.45, 7) is 0. The van der Waals surface area contributed by atoms with E-state index in [-0.39, 0.29) is 0 Å². The summed E-state index contributed by atoms with van der Waals surface area (Å²) in [5.74, 6) is 0.941. The van der Waals surface area contributed by atoms with Crippen molar-refractivity contribution in [1.29, 1.82) is 0 Å². The molecule has 0 amide bonds. The molecule has 3 nitrogen and oxygen atoms in total. The zero-order valence-electron chi connectivity index (χ0n) is 9.85. The van der Waals surface area contributed by atoms with Crippen LogP contribution in [0.3, 0.4) is 0 Å². The Morgan fingerprint density at radius 2 is 1.95 bits per heavy atom. The number of nitrogens with zero attached hydrogens (tertiary/aromatic N) is 3. The van der Waals surface area contributed by atoms with Crippen LogP contribution in [-0.2, 0) is 5.88 Å². The SMILES string of the molecule is ClCc1ccnc(-c2nc3ccccc3cc2Br)n1. The summed E-state index contributed by atoms with van der Waals surface area (Å²) < 4.78 is 0.873. The van der Waals surface area contributed by atoms with Crippen molar-refractivity contribution in [1.82, 2.24) is 15.0 Å². The van der Waals surface area contributed by atoms with Crippen LogP contribution in [0.25, 0.3) is 22.4 Å². The first-order valence-electron chi connectivity index (χ1n) is 5.71. The van der Waals surface area contributed by atoms with E-state index in [1.54, 1.807) is 12.3 Å². The van der Waals surface area contributed by atoms with Crippen molar-refractivity contribution in [3.8, 4) is 11.5 Å². The fourth-order valence-electron chi connectivity index (χ4n) is 1.83. The van der Waals surface area contributed by atoms with Gasteiger partial charge in [0.2, 0.25) is 0 Å². The zero-order chi connectivity index (χ0) is 13.2. The van der Waals surface area contributed by atoms with Crippen molar-refractivity contribution < 1.29 is 0 Å². The molecule has 2 heterocycles. The first-order chi connectivity index (χ1) is 9.28. The maximum atomic E-state index is 5.80. The van der Waals surface area contributed by atoms with Gasteiger partial charge in [0.25, 0.3) is 0 Å². The maximum absolute atomic E-state index is 5.80. The summed E-state index contributed by atoms with van der Waals surface area (Å²) in [5.41, 5.74) is 2.43. The highest BCUT2D eigenvalue weighted by molar-refractivity contribution is 9.10. The first-order valence-corrected chi connectivity index (χ1v) is 7.04. The van der Waals surface area contributed by atoms with Crippen molar-refractivity contribution in [2.75, 3.05) is 0 Å². The van der Waals surface area contributed by atoms with Crippen molar-refractivity contribution in [3.63, 3.8) is 0 Å². The molecule has 2 aromatic heterocycles. The van der Waals surface area contributed by atoms with Crippen LogP contribution in [0.15, 0.2) is 47.1 Å². The second kappa shape index (κ2) is 5.23. The molecule has 0 aliphatic heterocycles. The average molecular weight is 335 g/mol. The lowest BCUT2D eigenvalue weighted by Gasteiger charge is -2.05. The van der Waals surface area contributed by atoms with Gasteiger partial charge < -0.3 is 0 Å². The zero-order valence-corrected chi connectivity index (χ0v) is 12.2. The summed E-state index contributed by atoms with van der Waals surface area (Å²) in [6, 6.07) is 11.8. The van der Waals surface area contributed by atoms with Crippen LogP contribution < -0.4 is 0 Å². The van der Waals surface area contributed by atoms with Crippen LogP contribution in [0.4, 0.5) is 0 Å². The summed E-state index contributed by atoms with van der Waals surface area (Å²) in [4.78, 5) is 13.3. The molecule has 0 saturated heterocycles. The van der Waals surface area contributed by atoms with Crippen LogP contribution in [0.1, 0.15) is 5.69 Å². The molecule has 94 valence electrons. The van der Waals surface area contributed by atoms with Gasteiger partial charge in [-0.1, -0.05) is 18.2 Å². The smallest absolute Gasteiger partial charge is 0.179 e. The van der Waals surface area contributed by atoms with Crippen LogP contribution in [0.2, 0.25) is 0 Å². The predicted octanol–water partition coefficient (Wildman–Crippen LogP) is 4.19. The third kappa shape index (κ3) is 2.46. The van der Waals surface area contributed by atoms with E-state index in [9.17, 15) is 0 Å². The van der Waals surface area contributed by atoms with Gasteiger partial charge in [-0.15, -0.1) is 11.6 Å². The van der Waals surface area contributed by atoms with Crippen LogP contribution in [0, 0.1) is 0 Å². The molecule has 0 fully saturated rings. The standard InChI is InChI=1S/C14H9BrClN3/c15-11-7-9-3-1-2-4-12(9)19-13(11)14-17-6-5-10(8-16)18-14/h1-7H,8H2. The summed E-state index contributed by atoms with van der Waals surface area (Å²) >= 11 is 9.32. The van der Waals surface area contributed by atoms with E-state index in [2.05, 4.69) is 30.9 Å². The molecule has 0 aliphatic rings. The number of alkyl halides is 1. The van der Waals surface area contributed by atoms with Gasteiger partial charge in [-0.25, -0.2) is 15.0 Å². The van der Waals surface area contributed by atoms with E-state index < -0.39 is 0 Å². The molecule has 0 atom stereocenters. The Kier molecular flexibility index (Phi) is 3.44. The Bertz CT molecular complexity index is 746. The van der Waals surface area contributed by atoms with Gasteiger partial charge in [0, 0.05) is 16.1 Å². The number of pyridine rings is 1. The number of hydrogen-bond donors (Lipinski definition) is 0. The number of para-hydroxylation sites is 1. The molecule has 0 N–H and O–H groups in total. The lowest BCUT2D eigenvalue weighted by Crippen LogP contribution is -1.96. The van der Waals surface area contributed by atoms with E-state index >= 15 is 0 Å². The monoisotopic (exact) mass is 333 g/mol. The molecule has 5 heteroatoms. The van der Waals surface area contributed by atoms with Crippen molar-refractivity contribution in [2.24, 2.45) is 0 Å². The van der Waals surface area contributed by atoms with Crippen molar-refractivity contribution >= 4 is 38.4 Å². The third-order valence-corrected chi connectivity index (χ3v) is 3.62. The minimum Gasteiger partial charge on any atom is -0.243 e. The predicted molar refractivity (Wildman–Crippen MR) is 80.0 cm³/mol. The molecule has 0 bridgehead atoms. The highest BCUT2D eigenvalue weighted by Crippen LogP contribution is 2.27. The highest BCUT2D eigenvalue weighted by atomic mass is 79.9. The minimum atomic E-state index is 0.362. The third-order valence-electron chi connectivity index (χ3n) is 2.74. The number of halogens is 2. The number of rotatable bonds is 2. The number of fused-ring (bicyclic) bond motifs is 1. The van der Waals surface area contributed by atoms with E-state index in [0.29, 0.717) is 11.7 Å².